The first kappa shape index (κ1) is 21.9. The fourth-order valence-electron chi connectivity index (χ4n) is 2.42. The number of benzene rings is 1. The molecule has 0 fully saturated rings. The molecule has 0 saturated heterocycles. The van der Waals surface area contributed by atoms with E-state index in [1.165, 1.54) is 0 Å². The third kappa shape index (κ3) is 9.23. The Hall–Kier alpha value is -1.11. The second kappa shape index (κ2) is 10.8. The van der Waals surface area contributed by atoms with E-state index in [9.17, 15) is 4.79 Å². The van der Waals surface area contributed by atoms with Gasteiger partial charge >= 0.3 is 0 Å². The molecule has 142 valence electrons. The number of likely N-dealkylation sites (N-methyl/N-ethyl adjacent to an activating group) is 1. The van der Waals surface area contributed by atoms with Crippen molar-refractivity contribution < 1.29 is 9.53 Å². The summed E-state index contributed by atoms with van der Waals surface area (Å²) in [6.45, 7) is 15.0. The van der Waals surface area contributed by atoms with Crippen LogP contribution in [0.1, 0.15) is 40.2 Å². The molecule has 0 unspecified atom stereocenters. The van der Waals surface area contributed by atoms with Gasteiger partial charge in [-0.05, 0) is 52.1 Å². The average molecular weight is 414 g/mol. The van der Waals surface area contributed by atoms with E-state index in [-0.39, 0.29) is 18.1 Å². The third-order valence-electron chi connectivity index (χ3n) is 3.71. The lowest BCUT2D eigenvalue weighted by molar-refractivity contribution is -0.124. The zero-order valence-corrected chi connectivity index (χ0v) is 17.7. The summed E-state index contributed by atoms with van der Waals surface area (Å²) in [4.78, 5) is 14.3. The third-order valence-corrected chi connectivity index (χ3v) is 4.20. The Bertz CT molecular complexity index is 540. The lowest BCUT2D eigenvalue weighted by atomic mass is 10.1. The van der Waals surface area contributed by atoms with Gasteiger partial charge in [-0.2, -0.15) is 0 Å². The minimum absolute atomic E-state index is 0.0192. The van der Waals surface area contributed by atoms with E-state index in [1.807, 2.05) is 39.0 Å². The highest BCUT2D eigenvalue weighted by Crippen LogP contribution is 2.23. The lowest BCUT2D eigenvalue weighted by Crippen LogP contribution is -2.43. The van der Waals surface area contributed by atoms with Crippen molar-refractivity contribution in [2.75, 3.05) is 32.8 Å². The van der Waals surface area contributed by atoms with E-state index in [4.69, 9.17) is 4.74 Å². The number of amides is 1. The van der Waals surface area contributed by atoms with E-state index >= 15 is 0 Å². The number of ether oxygens (including phenoxy) is 1. The summed E-state index contributed by atoms with van der Waals surface area (Å²) in [6, 6.07) is 5.85. The van der Waals surface area contributed by atoms with Gasteiger partial charge < -0.3 is 20.3 Å². The lowest BCUT2D eigenvalue weighted by Gasteiger charge is -2.21. The largest absolute Gasteiger partial charge is 0.483 e. The summed E-state index contributed by atoms with van der Waals surface area (Å²) in [5.41, 5.74) is 0.784. The average Bonchev–Trinajstić information content (AvgIpc) is 2.52. The van der Waals surface area contributed by atoms with Crippen LogP contribution in [0.4, 0.5) is 0 Å². The number of halogens is 1. The summed E-state index contributed by atoms with van der Waals surface area (Å²) in [7, 11) is 0. The summed E-state index contributed by atoms with van der Waals surface area (Å²) in [5, 5.41) is 6.35. The SMILES string of the molecule is CCN(CC)CCNCc1cc(Br)ccc1OCC(=O)NC(C)(C)C. The predicted molar refractivity (Wildman–Crippen MR) is 107 cm³/mol. The van der Waals surface area contributed by atoms with Crippen molar-refractivity contribution >= 4 is 21.8 Å². The Balaban J connectivity index is 2.56. The number of rotatable bonds is 10. The van der Waals surface area contributed by atoms with Gasteiger partial charge in [-0.1, -0.05) is 29.8 Å². The number of carbonyl (C=O) groups is 1. The van der Waals surface area contributed by atoms with Gasteiger partial charge in [0.05, 0.1) is 0 Å². The fourth-order valence-corrected chi connectivity index (χ4v) is 2.83. The summed E-state index contributed by atoms with van der Waals surface area (Å²) in [5.74, 6) is 0.624. The Morgan fingerprint density at radius 1 is 1.24 bits per heavy atom. The van der Waals surface area contributed by atoms with Crippen LogP contribution in [0.15, 0.2) is 22.7 Å². The van der Waals surface area contributed by atoms with Crippen LogP contribution >= 0.6 is 15.9 Å². The van der Waals surface area contributed by atoms with Crippen LogP contribution in [0.3, 0.4) is 0 Å². The van der Waals surface area contributed by atoms with Gasteiger partial charge in [0, 0.05) is 35.2 Å². The van der Waals surface area contributed by atoms with Gasteiger partial charge in [0.25, 0.3) is 5.91 Å². The molecular formula is C19H32BrN3O2. The molecule has 1 rings (SSSR count). The quantitative estimate of drug-likeness (QED) is 0.578. The van der Waals surface area contributed by atoms with Crippen LogP contribution in [0, 0.1) is 0 Å². The second-order valence-electron chi connectivity index (χ2n) is 7.04. The molecule has 0 aliphatic heterocycles. The second-order valence-corrected chi connectivity index (χ2v) is 7.96. The van der Waals surface area contributed by atoms with E-state index in [0.717, 1.165) is 42.0 Å². The molecule has 2 N–H and O–H groups in total. The molecule has 0 radical (unpaired) electrons. The van der Waals surface area contributed by atoms with Crippen molar-refractivity contribution in [3.05, 3.63) is 28.2 Å². The predicted octanol–water partition coefficient (Wildman–Crippen LogP) is 3.17. The van der Waals surface area contributed by atoms with E-state index in [2.05, 4.69) is 45.3 Å². The van der Waals surface area contributed by atoms with Gasteiger partial charge in [0.1, 0.15) is 5.75 Å². The molecule has 1 amide bonds. The van der Waals surface area contributed by atoms with Gasteiger partial charge in [-0.15, -0.1) is 0 Å². The molecule has 25 heavy (non-hydrogen) atoms. The Labute approximate surface area is 160 Å². The van der Waals surface area contributed by atoms with Gasteiger partial charge in [0.2, 0.25) is 0 Å². The minimum atomic E-state index is -0.255. The Kier molecular flexibility index (Phi) is 9.46. The number of hydrogen-bond acceptors (Lipinski definition) is 4. The molecule has 0 aliphatic carbocycles. The van der Waals surface area contributed by atoms with Crippen LogP contribution < -0.4 is 15.4 Å². The summed E-state index contributed by atoms with van der Waals surface area (Å²) in [6.07, 6.45) is 0. The van der Waals surface area contributed by atoms with E-state index in [0.29, 0.717) is 6.54 Å². The molecule has 5 nitrogen and oxygen atoms in total. The van der Waals surface area contributed by atoms with E-state index in [1.54, 1.807) is 0 Å². The number of carbonyl (C=O) groups excluding carboxylic acids is 1. The van der Waals surface area contributed by atoms with Crippen LogP contribution in [-0.2, 0) is 11.3 Å². The van der Waals surface area contributed by atoms with Crippen molar-refractivity contribution in [2.45, 2.75) is 46.7 Å². The molecule has 0 aromatic heterocycles. The zero-order valence-electron chi connectivity index (χ0n) is 16.1. The fraction of sp³-hybridized carbons (Fsp3) is 0.632. The van der Waals surface area contributed by atoms with Gasteiger partial charge in [-0.3, -0.25) is 4.79 Å². The van der Waals surface area contributed by atoms with Gasteiger partial charge in [-0.25, -0.2) is 0 Å². The van der Waals surface area contributed by atoms with Crippen LogP contribution in [-0.4, -0.2) is 49.1 Å². The van der Waals surface area contributed by atoms with Crippen molar-refractivity contribution in [2.24, 2.45) is 0 Å². The first-order valence-corrected chi connectivity index (χ1v) is 9.69. The number of nitrogens with one attached hydrogen (secondary N) is 2. The Morgan fingerprint density at radius 2 is 1.92 bits per heavy atom. The number of nitrogens with zero attached hydrogens (tertiary/aromatic N) is 1. The smallest absolute Gasteiger partial charge is 0.258 e. The van der Waals surface area contributed by atoms with Crippen LogP contribution in [0.5, 0.6) is 5.75 Å². The molecular weight excluding hydrogens is 382 g/mol. The first-order valence-electron chi connectivity index (χ1n) is 8.90. The van der Waals surface area contributed by atoms with Crippen LogP contribution in [0.25, 0.3) is 0 Å². The van der Waals surface area contributed by atoms with Gasteiger partial charge in [0.15, 0.2) is 6.61 Å². The Morgan fingerprint density at radius 3 is 2.52 bits per heavy atom. The minimum Gasteiger partial charge on any atom is -0.483 e. The van der Waals surface area contributed by atoms with E-state index < -0.39 is 0 Å². The maximum atomic E-state index is 11.9. The number of hydrogen-bond donors (Lipinski definition) is 2. The topological polar surface area (TPSA) is 53.6 Å². The zero-order chi connectivity index (χ0) is 18.9. The maximum absolute atomic E-state index is 11.9. The molecule has 1 aromatic rings. The van der Waals surface area contributed by atoms with Crippen molar-refractivity contribution in [3.63, 3.8) is 0 Å². The highest BCUT2D eigenvalue weighted by molar-refractivity contribution is 9.10. The van der Waals surface area contributed by atoms with Crippen molar-refractivity contribution in [1.82, 2.24) is 15.5 Å². The monoisotopic (exact) mass is 413 g/mol. The molecule has 6 heteroatoms. The molecule has 0 bridgehead atoms. The summed E-state index contributed by atoms with van der Waals surface area (Å²) < 4.78 is 6.74. The molecule has 0 spiro atoms. The molecule has 1 aromatic carbocycles. The molecule has 0 heterocycles. The van der Waals surface area contributed by atoms with Crippen LogP contribution in [0.2, 0.25) is 0 Å². The van der Waals surface area contributed by atoms with Crippen molar-refractivity contribution in [1.29, 1.82) is 0 Å². The molecule has 0 aliphatic rings. The maximum Gasteiger partial charge on any atom is 0.258 e. The summed E-state index contributed by atoms with van der Waals surface area (Å²) >= 11 is 3.50. The normalized spacial score (nSPS) is 11.6. The van der Waals surface area contributed by atoms with Crippen molar-refractivity contribution in [3.8, 4) is 5.75 Å². The highest BCUT2D eigenvalue weighted by Gasteiger charge is 2.14. The highest BCUT2D eigenvalue weighted by atomic mass is 79.9. The standard InChI is InChI=1S/C19H32BrN3O2/c1-6-23(7-2)11-10-21-13-15-12-16(20)8-9-17(15)25-14-18(24)22-19(3,4)5/h8-9,12,21H,6-7,10-11,13-14H2,1-5H3,(H,22,24). The first-order chi connectivity index (χ1) is 11.7. The molecule has 0 atom stereocenters. The molecule has 0 saturated carbocycles.